The number of alkyl halides is 3. The van der Waals surface area contributed by atoms with Crippen LogP contribution in [-0.4, -0.2) is 17.3 Å². The SMILES string of the molecule is C=C(CCC(=O)O)Oc1c(C)cc(C)cc1C.CC/C(SC)=C(\C)N.Cc1ccc(C(F)(F)F)c(F)c1. The van der Waals surface area contributed by atoms with Crippen molar-refractivity contribution < 1.29 is 32.2 Å². The molecule has 2 aromatic rings. The van der Waals surface area contributed by atoms with Crippen LogP contribution in [0.1, 0.15) is 60.9 Å². The Kier molecular flexibility index (Phi) is 14.7. The molecule has 0 amide bonds. The lowest BCUT2D eigenvalue weighted by Crippen LogP contribution is -2.07. The topological polar surface area (TPSA) is 72.5 Å². The Morgan fingerprint density at radius 1 is 1.05 bits per heavy atom. The van der Waals surface area contributed by atoms with E-state index in [1.807, 2.05) is 39.8 Å². The van der Waals surface area contributed by atoms with Crippen LogP contribution >= 0.6 is 11.8 Å². The normalized spacial score (nSPS) is 11.3. The van der Waals surface area contributed by atoms with Gasteiger partial charge in [-0.1, -0.05) is 37.3 Å². The van der Waals surface area contributed by atoms with E-state index in [9.17, 15) is 22.4 Å². The Bertz CT molecular complexity index is 1060. The summed E-state index contributed by atoms with van der Waals surface area (Å²) in [5, 5.41) is 8.58. The van der Waals surface area contributed by atoms with Crippen molar-refractivity contribution in [2.45, 2.75) is 67.0 Å². The van der Waals surface area contributed by atoms with E-state index in [4.69, 9.17) is 15.6 Å². The van der Waals surface area contributed by atoms with Crippen LogP contribution < -0.4 is 10.5 Å². The van der Waals surface area contributed by atoms with Crippen molar-refractivity contribution in [1.29, 1.82) is 0 Å². The molecule has 0 aliphatic heterocycles. The van der Waals surface area contributed by atoms with E-state index >= 15 is 0 Å². The maximum absolute atomic E-state index is 12.6. The second-order valence-electron chi connectivity index (χ2n) is 8.41. The molecule has 0 saturated heterocycles. The number of rotatable bonds is 7. The van der Waals surface area contributed by atoms with Crippen LogP contribution in [0, 0.1) is 33.5 Å². The van der Waals surface area contributed by atoms with Crippen LogP contribution in [0.4, 0.5) is 17.6 Å². The van der Waals surface area contributed by atoms with E-state index in [0.29, 0.717) is 17.7 Å². The maximum Gasteiger partial charge on any atom is 0.419 e. The second-order valence-corrected chi connectivity index (χ2v) is 9.31. The van der Waals surface area contributed by atoms with Gasteiger partial charge in [-0.2, -0.15) is 13.2 Å². The zero-order valence-electron chi connectivity index (χ0n) is 22.5. The molecule has 2 rings (SSSR count). The minimum Gasteiger partial charge on any atom is -0.481 e. The van der Waals surface area contributed by atoms with Gasteiger partial charge >= 0.3 is 12.1 Å². The van der Waals surface area contributed by atoms with E-state index in [0.717, 1.165) is 41.1 Å². The number of benzene rings is 2. The molecule has 0 radical (unpaired) electrons. The molecule has 3 N–H and O–H groups in total. The summed E-state index contributed by atoms with van der Waals surface area (Å²) in [6.07, 6.45) is -1.11. The highest BCUT2D eigenvalue weighted by Crippen LogP contribution is 2.31. The summed E-state index contributed by atoms with van der Waals surface area (Å²) < 4.78 is 54.1. The van der Waals surface area contributed by atoms with Crippen molar-refractivity contribution in [3.05, 3.63) is 86.9 Å². The number of carboxylic acids is 1. The minimum absolute atomic E-state index is 0.0444. The lowest BCUT2D eigenvalue weighted by Gasteiger charge is -2.14. The fourth-order valence-corrected chi connectivity index (χ4v) is 3.81. The number of halogens is 4. The molecule has 0 heterocycles. The number of nitrogens with two attached hydrogens (primary N) is 1. The van der Waals surface area contributed by atoms with E-state index in [-0.39, 0.29) is 6.42 Å². The lowest BCUT2D eigenvalue weighted by molar-refractivity contribution is -0.140. The Morgan fingerprint density at radius 3 is 1.95 bits per heavy atom. The summed E-state index contributed by atoms with van der Waals surface area (Å²) in [6, 6.07) is 6.90. The molecule has 0 fully saturated rings. The number of hydrogen-bond donors (Lipinski definition) is 2. The monoisotopic (exact) mass is 543 g/mol. The average Bonchev–Trinajstić information content (AvgIpc) is 2.75. The van der Waals surface area contributed by atoms with Gasteiger partial charge in [-0.3, -0.25) is 4.79 Å². The van der Waals surface area contributed by atoms with Crippen molar-refractivity contribution in [3.63, 3.8) is 0 Å². The van der Waals surface area contributed by atoms with E-state index in [1.165, 1.54) is 23.5 Å². The largest absolute Gasteiger partial charge is 0.481 e. The predicted molar refractivity (Wildman–Crippen MR) is 144 cm³/mol. The molecule has 0 unspecified atom stereocenters. The summed E-state index contributed by atoms with van der Waals surface area (Å²) in [7, 11) is 0. The van der Waals surface area contributed by atoms with Crippen LogP contribution in [0.25, 0.3) is 0 Å². The third-order valence-electron chi connectivity index (χ3n) is 4.91. The van der Waals surface area contributed by atoms with Gasteiger partial charge in [-0.25, -0.2) is 4.39 Å². The van der Waals surface area contributed by atoms with Crippen molar-refractivity contribution >= 4 is 17.7 Å². The molecule has 0 aliphatic carbocycles. The van der Waals surface area contributed by atoms with Crippen LogP contribution in [0.2, 0.25) is 0 Å². The summed E-state index contributed by atoms with van der Waals surface area (Å²) in [4.78, 5) is 11.7. The molecule has 0 saturated carbocycles. The molecule has 206 valence electrons. The molecule has 0 aliphatic rings. The first-order valence-electron chi connectivity index (χ1n) is 11.5. The van der Waals surface area contributed by atoms with Crippen LogP contribution in [0.15, 0.2) is 53.3 Å². The molecule has 4 nitrogen and oxygen atoms in total. The van der Waals surface area contributed by atoms with E-state index in [2.05, 4.69) is 19.8 Å². The van der Waals surface area contributed by atoms with Gasteiger partial charge in [0.05, 0.1) is 17.7 Å². The Hall–Kier alpha value is -2.94. The van der Waals surface area contributed by atoms with Crippen molar-refractivity contribution in [1.82, 2.24) is 0 Å². The summed E-state index contributed by atoms with van der Waals surface area (Å²) in [5.74, 6) is -0.789. The molecule has 37 heavy (non-hydrogen) atoms. The van der Waals surface area contributed by atoms with Gasteiger partial charge in [-0.15, -0.1) is 11.8 Å². The highest BCUT2D eigenvalue weighted by atomic mass is 32.2. The molecule has 0 spiro atoms. The van der Waals surface area contributed by atoms with Gasteiger partial charge in [0.1, 0.15) is 11.6 Å². The molecule has 0 atom stereocenters. The number of thioether (sulfide) groups is 1. The fourth-order valence-electron chi connectivity index (χ4n) is 3.20. The van der Waals surface area contributed by atoms with Crippen molar-refractivity contribution in [3.8, 4) is 5.75 Å². The van der Waals surface area contributed by atoms with Crippen molar-refractivity contribution in [2.75, 3.05) is 6.26 Å². The second kappa shape index (κ2) is 16.0. The number of hydrogen-bond acceptors (Lipinski definition) is 4. The quantitative estimate of drug-likeness (QED) is 0.271. The summed E-state index contributed by atoms with van der Waals surface area (Å²) in [6.45, 7) is 15.3. The van der Waals surface area contributed by atoms with Crippen LogP contribution in [-0.2, 0) is 11.0 Å². The third-order valence-corrected chi connectivity index (χ3v) is 6.01. The standard InChI is InChI=1S/C14H18O3.C8H6F4.C6H13NS/c1-9-7-10(2)14(11(3)8-9)17-12(4)5-6-13(15)16;1-5-2-3-6(7(9)4-5)8(10,11)12;1-4-6(8-3)5(2)7/h7-8H,4-6H2,1-3H3,(H,15,16);2-4H,1H3;4,7H2,1-3H3/b;;6-5-. The van der Waals surface area contributed by atoms with Gasteiger partial charge in [0, 0.05) is 17.0 Å². The van der Waals surface area contributed by atoms with Gasteiger partial charge in [0.25, 0.3) is 0 Å². The lowest BCUT2D eigenvalue weighted by atomic mass is 10.1. The smallest absolute Gasteiger partial charge is 0.419 e. The highest BCUT2D eigenvalue weighted by molar-refractivity contribution is 8.02. The minimum atomic E-state index is -4.60. The third kappa shape index (κ3) is 13.3. The van der Waals surface area contributed by atoms with Crippen LogP contribution in [0.5, 0.6) is 5.75 Å². The van der Waals surface area contributed by atoms with Crippen LogP contribution in [0.3, 0.4) is 0 Å². The maximum atomic E-state index is 12.6. The first-order chi connectivity index (χ1) is 17.0. The number of aliphatic carboxylic acids is 1. The summed E-state index contributed by atoms with van der Waals surface area (Å²) in [5.41, 5.74) is 9.00. The fraction of sp³-hybridized carbons (Fsp3) is 0.393. The molecular weight excluding hydrogens is 506 g/mol. The van der Waals surface area contributed by atoms with E-state index < -0.39 is 23.5 Å². The predicted octanol–water partition coefficient (Wildman–Crippen LogP) is 8.47. The number of ether oxygens (including phenoxy) is 1. The van der Waals surface area contributed by atoms with E-state index in [1.54, 1.807) is 11.8 Å². The Labute approximate surface area is 221 Å². The van der Waals surface area contributed by atoms with Crippen molar-refractivity contribution in [2.24, 2.45) is 5.73 Å². The zero-order chi connectivity index (χ0) is 28.9. The van der Waals surface area contributed by atoms with Gasteiger partial charge in [0.15, 0.2) is 0 Å². The zero-order valence-corrected chi connectivity index (χ0v) is 23.3. The highest BCUT2D eigenvalue weighted by Gasteiger charge is 2.33. The Balaban J connectivity index is 0.000000566. The Morgan fingerprint density at radius 2 is 1.59 bits per heavy atom. The number of allylic oxidation sites excluding steroid dienone is 3. The average molecular weight is 544 g/mol. The summed E-state index contributed by atoms with van der Waals surface area (Å²) >= 11 is 1.73. The molecule has 0 aromatic heterocycles. The molecule has 2 aromatic carbocycles. The molecular formula is C28H37F4NO3S. The first-order valence-corrected chi connectivity index (χ1v) is 12.7. The first kappa shape index (κ1) is 34.1. The van der Waals surface area contributed by atoms with Gasteiger partial charge in [0.2, 0.25) is 0 Å². The van der Waals surface area contributed by atoms with Gasteiger partial charge in [-0.05, 0) is 76.1 Å². The van der Waals surface area contributed by atoms with Gasteiger partial charge < -0.3 is 15.6 Å². The number of carbonyl (C=O) groups is 1. The molecule has 9 heteroatoms. The molecule has 0 bridgehead atoms. The number of aryl methyl sites for hydroxylation is 4. The number of carboxylic acid groups (broad SMARTS) is 1.